The van der Waals surface area contributed by atoms with E-state index in [1.807, 2.05) is 4.98 Å². The fraction of sp³-hybridized carbons (Fsp3) is 0.286. The normalized spacial score (nSPS) is 11.4. The number of carbonyl (C=O) groups is 1. The molecule has 0 radical (unpaired) electrons. The van der Waals surface area contributed by atoms with E-state index in [0.717, 1.165) is 6.92 Å². The molecule has 0 atom stereocenters. The third-order valence-electron chi connectivity index (χ3n) is 1.47. The molecule has 0 aliphatic rings. The Morgan fingerprint density at radius 2 is 2.07 bits per heavy atom. The summed E-state index contributed by atoms with van der Waals surface area (Å²) in [4.78, 5) is 26.5. The number of aromatic amines is 1. The largest absolute Gasteiger partial charge is 0.434 e. The predicted molar refractivity (Wildman–Crippen MR) is 39.9 cm³/mol. The van der Waals surface area contributed by atoms with E-state index in [0.29, 0.717) is 6.33 Å². The van der Waals surface area contributed by atoms with Crippen molar-refractivity contribution in [2.24, 2.45) is 0 Å². The van der Waals surface area contributed by atoms with E-state index in [2.05, 4.69) is 4.98 Å². The van der Waals surface area contributed by atoms with Crippen LogP contribution in [0.5, 0.6) is 0 Å². The molecule has 0 aliphatic carbocycles. The molecule has 0 amide bonds. The van der Waals surface area contributed by atoms with E-state index in [1.165, 1.54) is 0 Å². The summed E-state index contributed by atoms with van der Waals surface area (Å²) in [6, 6.07) is 0. The van der Waals surface area contributed by atoms with Crippen LogP contribution in [0.3, 0.4) is 0 Å². The summed E-state index contributed by atoms with van der Waals surface area (Å²) in [6.45, 7) is 0.876. The summed E-state index contributed by atoms with van der Waals surface area (Å²) < 4.78 is 36.7. The molecular formula is C7H5F3N2O2. The van der Waals surface area contributed by atoms with Gasteiger partial charge in [0.25, 0.3) is 5.56 Å². The number of nitrogens with one attached hydrogen (secondary N) is 1. The number of rotatable bonds is 1. The molecule has 1 N–H and O–H groups in total. The van der Waals surface area contributed by atoms with E-state index in [9.17, 15) is 22.8 Å². The minimum Gasteiger partial charge on any atom is -0.313 e. The molecule has 0 spiro atoms. The van der Waals surface area contributed by atoms with Crippen LogP contribution < -0.4 is 5.56 Å². The Morgan fingerprint density at radius 3 is 2.43 bits per heavy atom. The Balaban J connectivity index is 3.52. The van der Waals surface area contributed by atoms with E-state index in [-0.39, 0.29) is 0 Å². The van der Waals surface area contributed by atoms with E-state index < -0.39 is 28.8 Å². The number of alkyl halides is 3. The fourth-order valence-corrected chi connectivity index (χ4v) is 0.941. The van der Waals surface area contributed by atoms with Crippen molar-refractivity contribution in [2.45, 2.75) is 13.1 Å². The predicted octanol–water partition coefficient (Wildman–Crippen LogP) is 0.991. The first-order valence-electron chi connectivity index (χ1n) is 3.50. The number of halogens is 3. The van der Waals surface area contributed by atoms with Gasteiger partial charge in [-0.2, -0.15) is 13.2 Å². The lowest BCUT2D eigenvalue weighted by atomic mass is 10.1. The first-order valence-corrected chi connectivity index (χ1v) is 3.50. The molecule has 76 valence electrons. The summed E-state index contributed by atoms with van der Waals surface area (Å²) in [5, 5.41) is 0. The first kappa shape index (κ1) is 10.4. The summed E-state index contributed by atoms with van der Waals surface area (Å²) >= 11 is 0. The van der Waals surface area contributed by atoms with Crippen molar-refractivity contribution in [2.75, 3.05) is 0 Å². The van der Waals surface area contributed by atoms with Gasteiger partial charge in [-0.15, -0.1) is 0 Å². The molecule has 0 fully saturated rings. The standard InChI is InChI=1S/C7H5F3N2O2/c1-3(13)4-5(7(8,9)10)11-2-12-6(4)14/h2H,1H3,(H,11,12,14). The number of Topliss-reactive ketones (excluding diaryl/α,β-unsaturated/α-hetero) is 1. The van der Waals surface area contributed by atoms with Crippen LogP contribution in [-0.4, -0.2) is 15.8 Å². The molecule has 0 unspecified atom stereocenters. The van der Waals surface area contributed by atoms with Gasteiger partial charge in [0.15, 0.2) is 11.5 Å². The lowest BCUT2D eigenvalue weighted by Gasteiger charge is -2.07. The van der Waals surface area contributed by atoms with Gasteiger partial charge in [0, 0.05) is 0 Å². The zero-order valence-electron chi connectivity index (χ0n) is 6.97. The summed E-state index contributed by atoms with van der Waals surface area (Å²) in [6.07, 6.45) is -4.19. The van der Waals surface area contributed by atoms with Gasteiger partial charge < -0.3 is 4.98 Å². The molecule has 0 saturated heterocycles. The Kier molecular flexibility index (Phi) is 2.41. The minimum atomic E-state index is -4.80. The molecule has 0 bridgehead atoms. The van der Waals surface area contributed by atoms with Gasteiger partial charge in [-0.1, -0.05) is 0 Å². The lowest BCUT2D eigenvalue weighted by molar-refractivity contribution is -0.141. The highest BCUT2D eigenvalue weighted by atomic mass is 19.4. The van der Waals surface area contributed by atoms with Gasteiger partial charge >= 0.3 is 6.18 Å². The van der Waals surface area contributed by atoms with Crippen molar-refractivity contribution in [1.29, 1.82) is 0 Å². The zero-order chi connectivity index (χ0) is 10.9. The summed E-state index contributed by atoms with van der Waals surface area (Å²) in [5.74, 6) is -0.966. The van der Waals surface area contributed by atoms with Gasteiger partial charge in [-0.3, -0.25) is 9.59 Å². The van der Waals surface area contributed by atoms with Crippen LogP contribution in [0.25, 0.3) is 0 Å². The average Bonchev–Trinajstić information content (AvgIpc) is 2.01. The summed E-state index contributed by atoms with van der Waals surface area (Å²) in [5.41, 5.74) is -3.49. The van der Waals surface area contributed by atoms with Gasteiger partial charge in [-0.05, 0) is 6.92 Å². The van der Waals surface area contributed by atoms with Crippen LogP contribution in [-0.2, 0) is 6.18 Å². The molecule has 14 heavy (non-hydrogen) atoms. The number of H-pyrrole nitrogens is 1. The first-order chi connectivity index (χ1) is 6.34. The third-order valence-corrected chi connectivity index (χ3v) is 1.47. The zero-order valence-corrected chi connectivity index (χ0v) is 6.97. The van der Waals surface area contributed by atoms with Gasteiger partial charge in [0.1, 0.15) is 5.56 Å². The minimum absolute atomic E-state index is 0.609. The van der Waals surface area contributed by atoms with E-state index >= 15 is 0 Å². The molecule has 1 aromatic heterocycles. The second kappa shape index (κ2) is 3.24. The highest BCUT2D eigenvalue weighted by Crippen LogP contribution is 2.28. The topological polar surface area (TPSA) is 62.8 Å². The second-order valence-corrected chi connectivity index (χ2v) is 2.51. The lowest BCUT2D eigenvalue weighted by Crippen LogP contribution is -2.24. The van der Waals surface area contributed by atoms with Crippen LogP contribution in [0.15, 0.2) is 11.1 Å². The summed E-state index contributed by atoms with van der Waals surface area (Å²) in [7, 11) is 0. The number of aromatic nitrogens is 2. The molecule has 0 aromatic carbocycles. The number of carbonyl (C=O) groups excluding carboxylic acids is 1. The molecule has 1 aromatic rings. The van der Waals surface area contributed by atoms with Gasteiger partial charge in [0.05, 0.1) is 6.33 Å². The number of ketones is 1. The molecular weight excluding hydrogens is 201 g/mol. The second-order valence-electron chi connectivity index (χ2n) is 2.51. The van der Waals surface area contributed by atoms with Crippen molar-refractivity contribution >= 4 is 5.78 Å². The van der Waals surface area contributed by atoms with Crippen LogP contribution >= 0.6 is 0 Å². The van der Waals surface area contributed by atoms with Crippen molar-refractivity contribution in [3.63, 3.8) is 0 Å². The number of nitrogens with zero attached hydrogens (tertiary/aromatic N) is 1. The SMILES string of the molecule is CC(=O)c1c(C(F)(F)F)nc[nH]c1=O. The fourth-order valence-electron chi connectivity index (χ4n) is 0.941. The number of hydrogen-bond acceptors (Lipinski definition) is 3. The van der Waals surface area contributed by atoms with E-state index in [4.69, 9.17) is 0 Å². The smallest absolute Gasteiger partial charge is 0.313 e. The molecule has 4 nitrogen and oxygen atoms in total. The maximum atomic E-state index is 12.2. The molecule has 1 rings (SSSR count). The van der Waals surface area contributed by atoms with Crippen molar-refractivity contribution in [3.05, 3.63) is 27.9 Å². The van der Waals surface area contributed by atoms with Crippen molar-refractivity contribution in [3.8, 4) is 0 Å². The number of hydrogen-bond donors (Lipinski definition) is 1. The quantitative estimate of drug-likeness (QED) is 0.697. The van der Waals surface area contributed by atoms with Crippen LogP contribution in [0.1, 0.15) is 23.0 Å². The van der Waals surface area contributed by atoms with E-state index in [1.54, 1.807) is 0 Å². The third kappa shape index (κ3) is 1.81. The maximum absolute atomic E-state index is 12.2. The Labute approximate surface area is 75.8 Å². The van der Waals surface area contributed by atoms with Crippen LogP contribution in [0, 0.1) is 0 Å². The van der Waals surface area contributed by atoms with Crippen molar-refractivity contribution in [1.82, 2.24) is 9.97 Å². The monoisotopic (exact) mass is 206 g/mol. The Bertz CT molecular complexity index is 422. The Hall–Kier alpha value is -1.66. The van der Waals surface area contributed by atoms with Gasteiger partial charge in [0.2, 0.25) is 0 Å². The van der Waals surface area contributed by atoms with Crippen LogP contribution in [0.4, 0.5) is 13.2 Å². The van der Waals surface area contributed by atoms with Gasteiger partial charge in [-0.25, -0.2) is 4.98 Å². The molecule has 7 heteroatoms. The van der Waals surface area contributed by atoms with Crippen LogP contribution in [0.2, 0.25) is 0 Å². The maximum Gasteiger partial charge on any atom is 0.434 e. The average molecular weight is 206 g/mol. The molecule has 0 saturated carbocycles. The highest BCUT2D eigenvalue weighted by molar-refractivity contribution is 5.94. The molecule has 0 aliphatic heterocycles. The van der Waals surface area contributed by atoms with Crippen molar-refractivity contribution < 1.29 is 18.0 Å². The Morgan fingerprint density at radius 1 is 1.50 bits per heavy atom. The highest BCUT2D eigenvalue weighted by Gasteiger charge is 2.37. The molecule has 1 heterocycles.